The third-order valence-corrected chi connectivity index (χ3v) is 3.62. The molecule has 1 fully saturated rings. The fourth-order valence-corrected chi connectivity index (χ4v) is 3.22. The van der Waals surface area contributed by atoms with E-state index < -0.39 is 0 Å². The molecular formula is C13H28N2O. The van der Waals surface area contributed by atoms with Gasteiger partial charge < -0.3 is 15.7 Å². The first-order valence-corrected chi connectivity index (χ1v) is 6.35. The van der Waals surface area contributed by atoms with Crippen LogP contribution in [0.25, 0.3) is 0 Å². The molecule has 16 heavy (non-hydrogen) atoms. The van der Waals surface area contributed by atoms with Crippen molar-refractivity contribution in [2.45, 2.75) is 58.7 Å². The van der Waals surface area contributed by atoms with Crippen LogP contribution in [-0.4, -0.2) is 41.8 Å². The van der Waals surface area contributed by atoms with Crippen LogP contribution in [0.15, 0.2) is 0 Å². The molecule has 2 atom stereocenters. The summed E-state index contributed by atoms with van der Waals surface area (Å²) in [5.74, 6) is 0.656. The van der Waals surface area contributed by atoms with Crippen molar-refractivity contribution in [3.63, 3.8) is 0 Å². The molecule has 1 rings (SSSR count). The zero-order valence-electron chi connectivity index (χ0n) is 11.4. The highest BCUT2D eigenvalue weighted by Gasteiger charge is 2.35. The van der Waals surface area contributed by atoms with Crippen LogP contribution in [0.5, 0.6) is 0 Å². The van der Waals surface area contributed by atoms with Gasteiger partial charge in [0.05, 0.1) is 6.10 Å². The minimum absolute atomic E-state index is 0.0539. The van der Waals surface area contributed by atoms with E-state index in [-0.39, 0.29) is 17.6 Å². The molecule has 96 valence electrons. The fourth-order valence-electron chi connectivity index (χ4n) is 3.22. The van der Waals surface area contributed by atoms with Crippen molar-refractivity contribution in [2.24, 2.45) is 17.1 Å². The quantitative estimate of drug-likeness (QED) is 0.766. The minimum Gasteiger partial charge on any atom is -0.393 e. The SMILES string of the molecule is CC(N)C(N(C)CC1CC(O)C1)C(C)(C)C. The van der Waals surface area contributed by atoms with E-state index >= 15 is 0 Å². The molecular weight excluding hydrogens is 200 g/mol. The third kappa shape index (κ3) is 3.44. The van der Waals surface area contributed by atoms with E-state index in [0.717, 1.165) is 19.4 Å². The highest BCUT2D eigenvalue weighted by atomic mass is 16.3. The maximum Gasteiger partial charge on any atom is 0.0546 e. The van der Waals surface area contributed by atoms with Gasteiger partial charge in [0.2, 0.25) is 0 Å². The topological polar surface area (TPSA) is 49.5 Å². The van der Waals surface area contributed by atoms with Crippen molar-refractivity contribution < 1.29 is 5.11 Å². The Kier molecular flexibility index (Phi) is 4.38. The van der Waals surface area contributed by atoms with Crippen LogP contribution in [0, 0.1) is 11.3 Å². The second-order valence-corrected chi connectivity index (χ2v) is 6.60. The number of aliphatic hydroxyl groups is 1. The maximum atomic E-state index is 9.30. The van der Waals surface area contributed by atoms with Crippen LogP contribution in [0.4, 0.5) is 0 Å². The van der Waals surface area contributed by atoms with Crippen LogP contribution in [0.1, 0.15) is 40.5 Å². The summed E-state index contributed by atoms with van der Waals surface area (Å²) in [7, 11) is 2.16. The number of hydrogen-bond donors (Lipinski definition) is 2. The molecule has 0 bridgehead atoms. The number of aliphatic hydroxyl groups excluding tert-OH is 1. The summed E-state index contributed by atoms with van der Waals surface area (Å²) in [5, 5.41) is 9.30. The molecule has 0 spiro atoms. The van der Waals surface area contributed by atoms with Gasteiger partial charge in [-0.1, -0.05) is 20.8 Å². The molecule has 3 nitrogen and oxygen atoms in total. The standard InChI is InChI=1S/C13H28N2O/c1-9(14)12(13(2,3)4)15(5)8-10-6-11(16)7-10/h9-12,16H,6-8,14H2,1-5H3. The van der Waals surface area contributed by atoms with Crippen molar-refractivity contribution in [2.75, 3.05) is 13.6 Å². The number of likely N-dealkylation sites (N-methyl/N-ethyl adjacent to an activating group) is 1. The van der Waals surface area contributed by atoms with Gasteiger partial charge in [0, 0.05) is 18.6 Å². The summed E-state index contributed by atoms with van der Waals surface area (Å²) >= 11 is 0. The Balaban J connectivity index is 2.51. The molecule has 1 aliphatic rings. The lowest BCUT2D eigenvalue weighted by Crippen LogP contribution is -2.54. The lowest BCUT2D eigenvalue weighted by Gasteiger charge is -2.44. The van der Waals surface area contributed by atoms with E-state index in [4.69, 9.17) is 5.73 Å². The Morgan fingerprint density at radius 3 is 2.19 bits per heavy atom. The Labute approximate surface area is 100 Å². The van der Waals surface area contributed by atoms with Crippen LogP contribution in [0.3, 0.4) is 0 Å². The number of hydrogen-bond acceptors (Lipinski definition) is 3. The molecule has 2 unspecified atom stereocenters. The zero-order chi connectivity index (χ0) is 12.5. The van der Waals surface area contributed by atoms with Gasteiger partial charge in [0.1, 0.15) is 0 Å². The Morgan fingerprint density at radius 1 is 1.38 bits per heavy atom. The molecule has 0 radical (unpaired) electrons. The molecule has 0 amide bonds. The van der Waals surface area contributed by atoms with E-state index in [0.29, 0.717) is 12.0 Å². The first-order valence-electron chi connectivity index (χ1n) is 6.35. The average molecular weight is 228 g/mol. The molecule has 0 aromatic carbocycles. The normalized spacial score (nSPS) is 30.0. The molecule has 0 aromatic heterocycles. The first-order chi connectivity index (χ1) is 7.21. The van der Waals surface area contributed by atoms with Gasteiger partial charge in [-0.25, -0.2) is 0 Å². The average Bonchev–Trinajstić information content (AvgIpc) is 1.96. The van der Waals surface area contributed by atoms with E-state index in [9.17, 15) is 5.11 Å². The predicted octanol–water partition coefficient (Wildman–Crippen LogP) is 1.45. The molecule has 0 aromatic rings. The van der Waals surface area contributed by atoms with Gasteiger partial charge in [-0.3, -0.25) is 0 Å². The van der Waals surface area contributed by atoms with E-state index in [1.54, 1.807) is 0 Å². The Morgan fingerprint density at radius 2 is 1.88 bits per heavy atom. The lowest BCUT2D eigenvalue weighted by atomic mass is 9.79. The minimum atomic E-state index is -0.0539. The second-order valence-electron chi connectivity index (χ2n) is 6.60. The molecule has 0 aliphatic heterocycles. The van der Waals surface area contributed by atoms with E-state index in [1.165, 1.54) is 0 Å². The molecule has 3 heteroatoms. The van der Waals surface area contributed by atoms with Gasteiger partial charge in [0.25, 0.3) is 0 Å². The fraction of sp³-hybridized carbons (Fsp3) is 1.00. The maximum absolute atomic E-state index is 9.30. The molecule has 0 saturated heterocycles. The van der Waals surface area contributed by atoms with Crippen molar-refractivity contribution in [1.82, 2.24) is 4.90 Å². The predicted molar refractivity (Wildman–Crippen MR) is 68.3 cm³/mol. The molecule has 0 heterocycles. The number of rotatable bonds is 4. The van der Waals surface area contributed by atoms with Crippen LogP contribution in [0.2, 0.25) is 0 Å². The van der Waals surface area contributed by atoms with Crippen LogP contribution < -0.4 is 5.73 Å². The molecule has 1 saturated carbocycles. The van der Waals surface area contributed by atoms with Gasteiger partial charge >= 0.3 is 0 Å². The highest BCUT2D eigenvalue weighted by Crippen LogP contribution is 2.31. The largest absolute Gasteiger partial charge is 0.393 e. The summed E-state index contributed by atoms with van der Waals surface area (Å²) in [5.41, 5.74) is 6.29. The van der Waals surface area contributed by atoms with Crippen LogP contribution in [-0.2, 0) is 0 Å². The first kappa shape index (κ1) is 13.9. The zero-order valence-corrected chi connectivity index (χ0v) is 11.4. The van der Waals surface area contributed by atoms with Gasteiger partial charge in [-0.15, -0.1) is 0 Å². The third-order valence-electron chi connectivity index (χ3n) is 3.62. The van der Waals surface area contributed by atoms with Crippen molar-refractivity contribution >= 4 is 0 Å². The summed E-state index contributed by atoms with van der Waals surface area (Å²) < 4.78 is 0. The van der Waals surface area contributed by atoms with Gasteiger partial charge in [-0.2, -0.15) is 0 Å². The van der Waals surface area contributed by atoms with Crippen molar-refractivity contribution in [3.8, 4) is 0 Å². The van der Waals surface area contributed by atoms with Gasteiger partial charge in [0.15, 0.2) is 0 Å². The van der Waals surface area contributed by atoms with Crippen LogP contribution >= 0.6 is 0 Å². The van der Waals surface area contributed by atoms with Gasteiger partial charge in [-0.05, 0) is 38.1 Å². The summed E-state index contributed by atoms with van der Waals surface area (Å²) in [4.78, 5) is 2.38. The molecule has 1 aliphatic carbocycles. The number of nitrogens with two attached hydrogens (primary N) is 1. The monoisotopic (exact) mass is 228 g/mol. The molecule has 3 N–H and O–H groups in total. The lowest BCUT2D eigenvalue weighted by molar-refractivity contribution is 0.00719. The highest BCUT2D eigenvalue weighted by molar-refractivity contribution is 4.90. The van der Waals surface area contributed by atoms with E-state index in [2.05, 4.69) is 39.6 Å². The summed E-state index contributed by atoms with van der Waals surface area (Å²) in [6.07, 6.45) is 1.86. The van der Waals surface area contributed by atoms with Crippen molar-refractivity contribution in [1.29, 1.82) is 0 Å². The summed E-state index contributed by atoms with van der Waals surface area (Å²) in [6, 6.07) is 0.570. The smallest absolute Gasteiger partial charge is 0.0546 e. The second kappa shape index (κ2) is 5.03. The van der Waals surface area contributed by atoms with E-state index in [1.807, 2.05) is 0 Å². The number of nitrogens with zero attached hydrogens (tertiary/aromatic N) is 1. The Bertz CT molecular complexity index is 216. The Hall–Kier alpha value is -0.120. The van der Waals surface area contributed by atoms with Crippen molar-refractivity contribution in [3.05, 3.63) is 0 Å². The summed E-state index contributed by atoms with van der Waals surface area (Å²) in [6.45, 7) is 9.87.